The lowest BCUT2D eigenvalue weighted by Crippen LogP contribution is -2.12. The van der Waals surface area contributed by atoms with Gasteiger partial charge in [0.15, 0.2) is 0 Å². The number of terminal acetylenes is 1. The summed E-state index contributed by atoms with van der Waals surface area (Å²) in [5, 5.41) is 5.94. The monoisotopic (exact) mass is 272 g/mol. The van der Waals surface area contributed by atoms with E-state index in [0.717, 1.165) is 13.0 Å². The maximum Gasteiger partial charge on any atom is 0.253 e. The van der Waals surface area contributed by atoms with E-state index >= 15 is 0 Å². The van der Waals surface area contributed by atoms with Crippen molar-refractivity contribution in [3.05, 3.63) is 0 Å². The summed E-state index contributed by atoms with van der Waals surface area (Å²) in [6.45, 7) is 3.19. The molecule has 0 fully saturated rings. The molecule has 18 heavy (non-hydrogen) atoms. The molecule has 8 heteroatoms. The fourth-order valence-electron chi connectivity index (χ4n) is 1.04. The Bertz CT molecular complexity index is 394. The van der Waals surface area contributed by atoms with Gasteiger partial charge >= 0.3 is 0 Å². The Morgan fingerprint density at radius 2 is 1.78 bits per heavy atom. The first-order chi connectivity index (χ1) is 8.30. The summed E-state index contributed by atoms with van der Waals surface area (Å²) >= 11 is 0. The van der Waals surface area contributed by atoms with Gasteiger partial charge in [-0.25, -0.2) is 5.48 Å². The zero-order valence-electron chi connectivity index (χ0n) is 10.4. The van der Waals surface area contributed by atoms with Gasteiger partial charge < -0.3 is 10.6 Å². The zero-order valence-corrected chi connectivity index (χ0v) is 11.2. The fraction of sp³-hybridized carbons (Fsp3) is 0.500. The van der Waals surface area contributed by atoms with Gasteiger partial charge in [-0.15, -0.1) is 18.8 Å². The van der Waals surface area contributed by atoms with Crippen molar-refractivity contribution in [2.24, 2.45) is 0 Å². The molecular weight excluding hydrogens is 256 g/mol. The fourth-order valence-corrected chi connectivity index (χ4v) is 1.04. The van der Waals surface area contributed by atoms with Crippen LogP contribution in [0.5, 0.6) is 0 Å². The first-order valence-corrected chi connectivity index (χ1v) is 5.26. The molecule has 100 valence electrons. The first kappa shape index (κ1) is 16.2. The van der Waals surface area contributed by atoms with Crippen LogP contribution < -0.4 is 16.1 Å². The van der Waals surface area contributed by atoms with Gasteiger partial charge in [0.05, 0.1) is 13.7 Å². The van der Waals surface area contributed by atoms with Gasteiger partial charge in [0.25, 0.3) is 5.95 Å². The smallest absolute Gasteiger partial charge is 0.253 e. The lowest BCUT2D eigenvalue weighted by molar-refractivity contribution is 0.267. The van der Waals surface area contributed by atoms with E-state index < -0.39 is 0 Å². The van der Waals surface area contributed by atoms with Crippen LogP contribution in [-0.4, -0.2) is 35.2 Å². The van der Waals surface area contributed by atoms with E-state index in [4.69, 9.17) is 11.3 Å². The first-order valence-electron chi connectivity index (χ1n) is 5.26. The predicted molar refractivity (Wildman–Crippen MR) is 73.8 cm³/mol. The van der Waals surface area contributed by atoms with Gasteiger partial charge in [-0.05, 0) is 6.42 Å². The molecule has 1 aromatic rings. The lowest BCUT2D eigenvalue weighted by atomic mass is 10.5. The number of hydrogen-bond donors (Lipinski definition) is 3. The third kappa shape index (κ3) is 5.52. The second-order valence-corrected chi connectivity index (χ2v) is 3.10. The maximum absolute atomic E-state index is 5.15. The molecule has 3 N–H and O–H groups in total. The topological polar surface area (TPSA) is 84.0 Å². The molecule has 1 rings (SSSR count). The summed E-state index contributed by atoms with van der Waals surface area (Å²) in [4.78, 5) is 17.1. The Labute approximate surface area is 113 Å². The van der Waals surface area contributed by atoms with Gasteiger partial charge in [0.1, 0.15) is 0 Å². The van der Waals surface area contributed by atoms with Crippen molar-refractivity contribution in [2.45, 2.75) is 13.3 Å². The van der Waals surface area contributed by atoms with Crippen LogP contribution in [0, 0.1) is 12.3 Å². The molecule has 0 saturated carbocycles. The third-order valence-corrected chi connectivity index (χ3v) is 1.71. The second kappa shape index (κ2) is 9.27. The van der Waals surface area contributed by atoms with E-state index in [1.807, 2.05) is 0 Å². The lowest BCUT2D eigenvalue weighted by Gasteiger charge is -2.08. The molecule has 0 saturated heterocycles. The van der Waals surface area contributed by atoms with Crippen LogP contribution in [0.4, 0.5) is 17.8 Å². The highest BCUT2D eigenvalue weighted by Crippen LogP contribution is 2.08. The molecule has 1 heterocycles. The van der Waals surface area contributed by atoms with Crippen LogP contribution in [0.3, 0.4) is 0 Å². The van der Waals surface area contributed by atoms with E-state index in [9.17, 15) is 0 Å². The quantitative estimate of drug-likeness (QED) is 0.507. The van der Waals surface area contributed by atoms with Crippen LogP contribution in [0.25, 0.3) is 0 Å². The number of nitrogens with zero attached hydrogens (tertiary/aromatic N) is 3. The average Bonchev–Trinajstić information content (AvgIpc) is 2.34. The van der Waals surface area contributed by atoms with Crippen molar-refractivity contribution in [1.82, 2.24) is 15.0 Å². The average molecular weight is 273 g/mol. The van der Waals surface area contributed by atoms with Crippen molar-refractivity contribution in [1.29, 1.82) is 0 Å². The highest BCUT2D eigenvalue weighted by atomic mass is 35.5. The van der Waals surface area contributed by atoms with Crippen molar-refractivity contribution in [3.8, 4) is 12.3 Å². The maximum atomic E-state index is 5.15. The molecule has 0 aliphatic carbocycles. The molecule has 0 aromatic carbocycles. The van der Waals surface area contributed by atoms with Gasteiger partial charge in [-0.3, -0.25) is 4.84 Å². The van der Waals surface area contributed by atoms with Crippen molar-refractivity contribution < 1.29 is 4.84 Å². The Morgan fingerprint density at radius 3 is 2.33 bits per heavy atom. The molecule has 0 radical (unpaired) electrons. The molecule has 0 unspecified atom stereocenters. The zero-order chi connectivity index (χ0) is 12.5. The Hall–Kier alpha value is -1.78. The summed E-state index contributed by atoms with van der Waals surface area (Å²) in [6.07, 6.45) is 6.13. The van der Waals surface area contributed by atoms with Crippen LogP contribution in [0.2, 0.25) is 0 Å². The third-order valence-electron chi connectivity index (χ3n) is 1.71. The van der Waals surface area contributed by atoms with Crippen LogP contribution >= 0.6 is 12.4 Å². The van der Waals surface area contributed by atoms with Gasteiger partial charge in [0, 0.05) is 6.54 Å². The van der Waals surface area contributed by atoms with Crippen molar-refractivity contribution in [3.63, 3.8) is 0 Å². The summed E-state index contributed by atoms with van der Waals surface area (Å²) < 4.78 is 0. The number of halogens is 1. The number of nitrogens with one attached hydrogen (secondary N) is 3. The molecule has 0 aliphatic rings. The Balaban J connectivity index is 0.00000289. The summed E-state index contributed by atoms with van der Waals surface area (Å²) in [6, 6.07) is 0. The highest BCUT2D eigenvalue weighted by molar-refractivity contribution is 5.85. The number of aromatic nitrogens is 3. The van der Waals surface area contributed by atoms with E-state index in [-0.39, 0.29) is 12.4 Å². The van der Waals surface area contributed by atoms with E-state index in [0.29, 0.717) is 24.4 Å². The van der Waals surface area contributed by atoms with Crippen molar-refractivity contribution >= 4 is 30.3 Å². The van der Waals surface area contributed by atoms with E-state index in [1.54, 1.807) is 0 Å². The Morgan fingerprint density at radius 1 is 1.17 bits per heavy atom. The van der Waals surface area contributed by atoms with Crippen LogP contribution in [0.15, 0.2) is 0 Å². The molecule has 0 spiro atoms. The minimum atomic E-state index is 0. The number of rotatable bonds is 7. The Kier molecular flexibility index (Phi) is 8.35. The van der Waals surface area contributed by atoms with Gasteiger partial charge in [0.2, 0.25) is 11.9 Å². The largest absolute Gasteiger partial charge is 0.354 e. The minimum Gasteiger partial charge on any atom is -0.354 e. The summed E-state index contributed by atoms with van der Waals surface area (Å²) in [5.41, 5.74) is 2.55. The molecule has 0 aliphatic heterocycles. The van der Waals surface area contributed by atoms with Crippen molar-refractivity contribution in [2.75, 3.05) is 36.3 Å². The molecule has 0 amide bonds. The standard InChI is InChI=1S/C10H16N6O.ClH/c1-4-6-11-8-13-9(12-7-5-2)15-10(14-8)16-17-3;/h1H,5-7H2,2-3H3,(H3,11,12,13,14,15,16);1H. The second-order valence-electron chi connectivity index (χ2n) is 3.10. The molecule has 0 atom stereocenters. The summed E-state index contributed by atoms with van der Waals surface area (Å²) in [7, 11) is 1.48. The normalized spacial score (nSPS) is 8.94. The molecule has 7 nitrogen and oxygen atoms in total. The number of anilines is 3. The van der Waals surface area contributed by atoms with E-state index in [1.165, 1.54) is 7.11 Å². The van der Waals surface area contributed by atoms with Crippen LogP contribution in [-0.2, 0) is 4.84 Å². The molecule has 0 bridgehead atoms. The molecule has 1 aromatic heterocycles. The number of hydrogen-bond acceptors (Lipinski definition) is 7. The minimum absolute atomic E-state index is 0. The van der Waals surface area contributed by atoms with Gasteiger partial charge in [-0.1, -0.05) is 12.8 Å². The molecular formula is C10H17ClN6O. The highest BCUT2D eigenvalue weighted by Gasteiger charge is 2.04. The van der Waals surface area contributed by atoms with Crippen LogP contribution in [0.1, 0.15) is 13.3 Å². The summed E-state index contributed by atoms with van der Waals surface area (Å²) in [5.74, 6) is 3.64. The predicted octanol–water partition coefficient (Wildman–Crippen LogP) is 1.13. The van der Waals surface area contributed by atoms with Gasteiger partial charge in [-0.2, -0.15) is 15.0 Å². The SMILES string of the molecule is C#CCNc1nc(NCCC)nc(NOC)n1.Cl. The van der Waals surface area contributed by atoms with E-state index in [2.05, 4.69) is 43.9 Å².